The third-order valence-electron chi connectivity index (χ3n) is 6.21. The molecule has 33 heavy (non-hydrogen) atoms. The van der Waals surface area contributed by atoms with Gasteiger partial charge in [-0.2, -0.15) is 0 Å². The van der Waals surface area contributed by atoms with E-state index in [-0.39, 0.29) is 11.8 Å². The molecule has 2 fully saturated rings. The van der Waals surface area contributed by atoms with Crippen molar-refractivity contribution in [2.45, 2.75) is 25.4 Å². The number of carbonyl (C=O) groups is 3. The fourth-order valence-corrected chi connectivity index (χ4v) is 4.44. The SMILES string of the molecule is NC(=O)[C@H]1CN(Cc2ccccc2)CCN1C(=O)c1ccccc1OCCN1CCCC1=O. The average molecular weight is 451 g/mol. The molecular formula is C25H30N4O4. The summed E-state index contributed by atoms with van der Waals surface area (Å²) in [4.78, 5) is 43.0. The second kappa shape index (κ2) is 10.5. The van der Waals surface area contributed by atoms with E-state index in [0.29, 0.717) is 57.1 Å². The number of nitrogens with zero attached hydrogens (tertiary/aromatic N) is 3. The number of benzene rings is 2. The Morgan fingerprint density at radius 1 is 1.00 bits per heavy atom. The van der Waals surface area contributed by atoms with Crippen molar-refractivity contribution >= 4 is 17.7 Å². The van der Waals surface area contributed by atoms with Crippen molar-refractivity contribution in [3.05, 3.63) is 65.7 Å². The van der Waals surface area contributed by atoms with Gasteiger partial charge in [0.1, 0.15) is 18.4 Å². The molecule has 0 spiro atoms. The molecule has 0 bridgehead atoms. The Balaban J connectivity index is 1.42. The van der Waals surface area contributed by atoms with E-state index in [1.807, 2.05) is 30.3 Å². The number of hydrogen-bond acceptors (Lipinski definition) is 5. The number of carbonyl (C=O) groups excluding carboxylic acids is 3. The van der Waals surface area contributed by atoms with Crippen molar-refractivity contribution in [3.8, 4) is 5.75 Å². The topological polar surface area (TPSA) is 96.2 Å². The fraction of sp³-hybridized carbons (Fsp3) is 0.400. The van der Waals surface area contributed by atoms with Gasteiger partial charge in [-0.3, -0.25) is 19.3 Å². The molecule has 0 aliphatic carbocycles. The highest BCUT2D eigenvalue weighted by molar-refractivity contribution is 5.99. The van der Waals surface area contributed by atoms with Crippen LogP contribution in [0.5, 0.6) is 5.75 Å². The van der Waals surface area contributed by atoms with E-state index in [0.717, 1.165) is 18.5 Å². The Morgan fingerprint density at radius 2 is 1.76 bits per heavy atom. The molecule has 2 aromatic carbocycles. The molecule has 1 atom stereocenters. The predicted octanol–water partition coefficient (Wildman–Crippen LogP) is 1.50. The molecule has 174 valence electrons. The molecule has 0 saturated carbocycles. The highest BCUT2D eigenvalue weighted by atomic mass is 16.5. The minimum atomic E-state index is -0.717. The summed E-state index contributed by atoms with van der Waals surface area (Å²) in [6, 6.07) is 16.3. The second-order valence-electron chi connectivity index (χ2n) is 8.47. The summed E-state index contributed by atoms with van der Waals surface area (Å²) in [7, 11) is 0. The first-order valence-electron chi connectivity index (χ1n) is 11.4. The number of para-hydroxylation sites is 1. The minimum absolute atomic E-state index is 0.139. The van der Waals surface area contributed by atoms with Gasteiger partial charge in [0.15, 0.2) is 0 Å². The van der Waals surface area contributed by atoms with E-state index in [4.69, 9.17) is 10.5 Å². The van der Waals surface area contributed by atoms with Crippen LogP contribution in [0.15, 0.2) is 54.6 Å². The molecule has 8 heteroatoms. The van der Waals surface area contributed by atoms with E-state index < -0.39 is 11.9 Å². The lowest BCUT2D eigenvalue weighted by molar-refractivity contribution is -0.128. The molecule has 2 N–H and O–H groups in total. The summed E-state index contributed by atoms with van der Waals surface area (Å²) in [6.07, 6.45) is 1.46. The molecule has 0 radical (unpaired) electrons. The third kappa shape index (κ3) is 5.51. The number of piperazine rings is 1. The first-order chi connectivity index (χ1) is 16.0. The van der Waals surface area contributed by atoms with Gasteiger partial charge in [0.2, 0.25) is 11.8 Å². The molecule has 8 nitrogen and oxygen atoms in total. The molecule has 4 rings (SSSR count). The Morgan fingerprint density at radius 3 is 2.48 bits per heavy atom. The number of ether oxygens (including phenoxy) is 1. The first kappa shape index (κ1) is 22.8. The zero-order valence-corrected chi connectivity index (χ0v) is 18.7. The number of rotatable bonds is 8. The van der Waals surface area contributed by atoms with Crippen molar-refractivity contribution in [1.82, 2.24) is 14.7 Å². The van der Waals surface area contributed by atoms with Gasteiger partial charge >= 0.3 is 0 Å². The zero-order valence-electron chi connectivity index (χ0n) is 18.7. The Bertz CT molecular complexity index is 997. The summed E-state index contributed by atoms with van der Waals surface area (Å²) in [6.45, 7) is 3.66. The highest BCUT2D eigenvalue weighted by Gasteiger charge is 2.35. The maximum Gasteiger partial charge on any atom is 0.258 e. The van der Waals surface area contributed by atoms with Crippen molar-refractivity contribution in [2.24, 2.45) is 5.73 Å². The van der Waals surface area contributed by atoms with Crippen molar-refractivity contribution in [3.63, 3.8) is 0 Å². The lowest BCUT2D eigenvalue weighted by Gasteiger charge is -2.40. The molecule has 3 amide bonds. The van der Waals surface area contributed by atoms with Gasteiger partial charge in [-0.25, -0.2) is 0 Å². The van der Waals surface area contributed by atoms with Crippen LogP contribution < -0.4 is 10.5 Å². The van der Waals surface area contributed by atoms with E-state index >= 15 is 0 Å². The molecule has 2 aliphatic rings. The van der Waals surface area contributed by atoms with Crippen LogP contribution >= 0.6 is 0 Å². The fourth-order valence-electron chi connectivity index (χ4n) is 4.44. The largest absolute Gasteiger partial charge is 0.491 e. The average Bonchev–Trinajstić information content (AvgIpc) is 3.24. The van der Waals surface area contributed by atoms with Gasteiger partial charge in [0.25, 0.3) is 5.91 Å². The molecule has 2 heterocycles. The first-order valence-corrected chi connectivity index (χ1v) is 11.4. The van der Waals surface area contributed by atoms with Gasteiger partial charge in [-0.05, 0) is 24.1 Å². The number of amides is 3. The van der Waals surface area contributed by atoms with E-state index in [1.54, 1.807) is 34.1 Å². The number of primary amides is 1. The third-order valence-corrected chi connectivity index (χ3v) is 6.21. The van der Waals surface area contributed by atoms with Crippen molar-refractivity contribution in [1.29, 1.82) is 0 Å². The minimum Gasteiger partial charge on any atom is -0.491 e. The van der Waals surface area contributed by atoms with Crippen LogP contribution in [0, 0.1) is 0 Å². The Hall–Kier alpha value is -3.39. The molecule has 2 saturated heterocycles. The lowest BCUT2D eigenvalue weighted by Crippen LogP contribution is -2.59. The highest BCUT2D eigenvalue weighted by Crippen LogP contribution is 2.23. The summed E-state index contributed by atoms with van der Waals surface area (Å²) < 4.78 is 5.89. The normalized spacial score (nSPS) is 19.0. The second-order valence-corrected chi connectivity index (χ2v) is 8.47. The number of likely N-dealkylation sites (tertiary alicyclic amines) is 1. The molecule has 2 aliphatic heterocycles. The van der Waals surface area contributed by atoms with E-state index in [9.17, 15) is 14.4 Å². The monoisotopic (exact) mass is 450 g/mol. The van der Waals surface area contributed by atoms with E-state index in [2.05, 4.69) is 4.90 Å². The summed E-state index contributed by atoms with van der Waals surface area (Å²) in [5.74, 6) is -0.206. The number of nitrogens with two attached hydrogens (primary N) is 1. The summed E-state index contributed by atoms with van der Waals surface area (Å²) in [5.41, 5.74) is 7.25. The summed E-state index contributed by atoms with van der Waals surface area (Å²) in [5, 5.41) is 0. The maximum absolute atomic E-state index is 13.4. The number of hydrogen-bond donors (Lipinski definition) is 1. The van der Waals surface area contributed by atoms with Gasteiger partial charge in [-0.1, -0.05) is 42.5 Å². The molecule has 0 unspecified atom stereocenters. The zero-order chi connectivity index (χ0) is 23.2. The van der Waals surface area contributed by atoms with Crippen LogP contribution in [-0.2, 0) is 16.1 Å². The Kier molecular flexibility index (Phi) is 7.24. The van der Waals surface area contributed by atoms with Gasteiger partial charge < -0.3 is 20.3 Å². The standard InChI is InChI=1S/C25H30N4O4/c26-24(31)21-18-27(17-19-7-2-1-3-8-19)13-14-29(21)25(32)20-9-4-5-10-22(20)33-16-15-28-12-6-11-23(28)30/h1-5,7-10,21H,6,11-18H2,(H2,26,31)/t21-/m1/s1. The van der Waals surface area contributed by atoms with Crippen LogP contribution in [-0.4, -0.2) is 77.8 Å². The van der Waals surface area contributed by atoms with Crippen molar-refractivity contribution in [2.75, 3.05) is 39.3 Å². The van der Waals surface area contributed by atoms with Crippen LogP contribution in [0.4, 0.5) is 0 Å². The molecule has 0 aromatic heterocycles. The van der Waals surface area contributed by atoms with Gasteiger partial charge in [0.05, 0.1) is 12.1 Å². The molecule has 2 aromatic rings. The Labute approximate surface area is 193 Å². The van der Waals surface area contributed by atoms with Crippen LogP contribution in [0.2, 0.25) is 0 Å². The van der Waals surface area contributed by atoms with Gasteiger partial charge in [0, 0.05) is 39.1 Å². The van der Waals surface area contributed by atoms with Crippen molar-refractivity contribution < 1.29 is 19.1 Å². The van der Waals surface area contributed by atoms with Crippen LogP contribution in [0.3, 0.4) is 0 Å². The van der Waals surface area contributed by atoms with Crippen LogP contribution in [0.25, 0.3) is 0 Å². The van der Waals surface area contributed by atoms with Crippen LogP contribution in [0.1, 0.15) is 28.8 Å². The smallest absolute Gasteiger partial charge is 0.258 e. The maximum atomic E-state index is 13.4. The lowest BCUT2D eigenvalue weighted by atomic mass is 10.1. The van der Waals surface area contributed by atoms with Gasteiger partial charge in [-0.15, -0.1) is 0 Å². The molecular weight excluding hydrogens is 420 g/mol. The summed E-state index contributed by atoms with van der Waals surface area (Å²) >= 11 is 0. The predicted molar refractivity (Wildman–Crippen MR) is 123 cm³/mol. The quantitative estimate of drug-likeness (QED) is 0.658. The van der Waals surface area contributed by atoms with E-state index in [1.165, 1.54) is 0 Å².